The van der Waals surface area contributed by atoms with E-state index in [2.05, 4.69) is 0 Å². The Morgan fingerprint density at radius 2 is 1.00 bits per heavy atom. The van der Waals surface area contributed by atoms with Crippen LogP contribution >= 0.6 is 23.2 Å². The second kappa shape index (κ2) is 12.4. The van der Waals surface area contributed by atoms with Crippen LogP contribution in [0.3, 0.4) is 0 Å². The van der Waals surface area contributed by atoms with Gasteiger partial charge in [-0.3, -0.25) is 0 Å². The molecule has 0 unspecified atom stereocenters. The molecule has 0 N–H and O–H groups in total. The fourth-order valence-electron chi connectivity index (χ4n) is 1.35. The largest absolute Gasteiger partial charge is 2.00 e. The van der Waals surface area contributed by atoms with Crippen molar-refractivity contribution < 1.29 is 46.3 Å². The van der Waals surface area contributed by atoms with Gasteiger partial charge in [-0.2, -0.15) is 0 Å². The second-order valence-electron chi connectivity index (χ2n) is 4.23. The van der Waals surface area contributed by atoms with Crippen molar-refractivity contribution in [2.24, 2.45) is 0 Å². The summed E-state index contributed by atoms with van der Waals surface area (Å²) in [5, 5.41) is 21.1. The van der Waals surface area contributed by atoms with Crippen molar-refractivity contribution in [3.63, 3.8) is 0 Å². The van der Waals surface area contributed by atoms with Gasteiger partial charge in [0.15, 0.2) is 0 Å². The molecule has 0 amide bonds. The molecule has 0 saturated carbocycles. The minimum absolute atomic E-state index is 0. The molecule has 1 radical (unpaired) electrons. The van der Waals surface area contributed by atoms with Crippen molar-refractivity contribution in [2.45, 2.75) is 0 Å². The van der Waals surface area contributed by atoms with Gasteiger partial charge in [0, 0.05) is 10.0 Å². The number of hydrogen-bond donors (Lipinski definition) is 0. The van der Waals surface area contributed by atoms with Gasteiger partial charge in [-0.1, -0.05) is 23.2 Å². The SMILES string of the molecule is O=C([O-])COc1ccc(Cl)cc1.O=C([O-])COc1ccc(Cl)cc1.[Cu+2]. The Balaban J connectivity index is 0.000000443. The molecule has 0 aliphatic carbocycles. The molecule has 137 valence electrons. The molecule has 0 fully saturated rings. The summed E-state index contributed by atoms with van der Waals surface area (Å²) in [6.45, 7) is -0.886. The molecule has 0 aliphatic heterocycles. The van der Waals surface area contributed by atoms with Crippen LogP contribution in [0.5, 0.6) is 11.5 Å². The van der Waals surface area contributed by atoms with Gasteiger partial charge in [0.25, 0.3) is 0 Å². The fourth-order valence-corrected chi connectivity index (χ4v) is 1.60. The number of ether oxygens (including phenoxy) is 2. The Hall–Kier alpha value is -1.92. The predicted octanol–water partition coefficient (Wildman–Crippen LogP) is 0.935. The van der Waals surface area contributed by atoms with Crippen LogP contribution in [0.1, 0.15) is 0 Å². The number of carbonyl (C=O) groups is 2. The Kier molecular flexibility index (Phi) is 11.5. The summed E-state index contributed by atoms with van der Waals surface area (Å²) in [4.78, 5) is 20.0. The van der Waals surface area contributed by atoms with E-state index in [-0.39, 0.29) is 17.1 Å². The molecule has 0 spiro atoms. The molecule has 0 atom stereocenters. The molecule has 0 aliphatic rings. The van der Waals surface area contributed by atoms with E-state index in [0.717, 1.165) is 0 Å². The van der Waals surface area contributed by atoms with Gasteiger partial charge in [0.05, 0.1) is 11.9 Å². The third-order valence-corrected chi connectivity index (χ3v) is 2.84. The zero-order chi connectivity index (χ0) is 17.9. The first kappa shape index (κ1) is 23.1. The van der Waals surface area contributed by atoms with Gasteiger partial charge in [-0.25, -0.2) is 0 Å². The van der Waals surface area contributed by atoms with Crippen LogP contribution in [-0.2, 0) is 26.7 Å². The molecule has 0 bridgehead atoms. The molecule has 6 nitrogen and oxygen atoms in total. The maximum absolute atomic E-state index is 9.98. The minimum Gasteiger partial charge on any atom is -0.546 e. The van der Waals surface area contributed by atoms with E-state index in [1.165, 1.54) is 0 Å². The zero-order valence-electron chi connectivity index (χ0n) is 12.5. The van der Waals surface area contributed by atoms with Crippen molar-refractivity contribution in [1.82, 2.24) is 0 Å². The number of carboxylic acid groups (broad SMARTS) is 2. The molecule has 2 aromatic rings. The van der Waals surface area contributed by atoms with Gasteiger partial charge in [0.1, 0.15) is 24.7 Å². The maximum atomic E-state index is 9.98. The van der Waals surface area contributed by atoms with Gasteiger partial charge in [0.2, 0.25) is 0 Å². The van der Waals surface area contributed by atoms with E-state index in [4.69, 9.17) is 32.7 Å². The molecule has 9 heteroatoms. The van der Waals surface area contributed by atoms with Crippen molar-refractivity contribution in [2.75, 3.05) is 13.2 Å². The average molecular weight is 435 g/mol. The van der Waals surface area contributed by atoms with Crippen LogP contribution in [0.15, 0.2) is 48.5 Å². The molecular formula is C16H12Cl2CuO6. The number of carboxylic acids is 2. The molecular weight excluding hydrogens is 423 g/mol. The molecule has 0 aromatic heterocycles. The van der Waals surface area contributed by atoms with E-state index < -0.39 is 25.2 Å². The van der Waals surface area contributed by atoms with Crippen LogP contribution in [0.4, 0.5) is 0 Å². The van der Waals surface area contributed by atoms with Crippen molar-refractivity contribution >= 4 is 35.1 Å². The number of benzene rings is 2. The summed E-state index contributed by atoms with van der Waals surface area (Å²) >= 11 is 11.2. The quantitative estimate of drug-likeness (QED) is 0.627. The normalized spacial score (nSPS) is 9.04. The van der Waals surface area contributed by atoms with Crippen molar-refractivity contribution in [3.05, 3.63) is 58.6 Å². The number of hydrogen-bond acceptors (Lipinski definition) is 6. The Morgan fingerprint density at radius 1 is 0.720 bits per heavy atom. The average Bonchev–Trinajstić information content (AvgIpc) is 2.54. The predicted molar refractivity (Wildman–Crippen MR) is 83.9 cm³/mol. The molecule has 0 saturated heterocycles. The first-order chi connectivity index (χ1) is 11.4. The summed E-state index contributed by atoms with van der Waals surface area (Å²) in [5.41, 5.74) is 0. The Bertz CT molecular complexity index is 602. The van der Waals surface area contributed by atoms with E-state index in [1.54, 1.807) is 48.5 Å². The second-order valence-corrected chi connectivity index (χ2v) is 5.10. The standard InChI is InChI=1S/2C8H7ClO3.Cu/c2*9-6-1-3-7(4-2-6)12-5-8(10)11;/h2*1-4H,5H2,(H,10,11);/q;;+2/p-2. The summed E-state index contributed by atoms with van der Waals surface area (Å²) in [7, 11) is 0. The number of halogens is 2. The van der Waals surface area contributed by atoms with Gasteiger partial charge >= 0.3 is 17.1 Å². The van der Waals surface area contributed by atoms with Crippen molar-refractivity contribution in [1.29, 1.82) is 0 Å². The van der Waals surface area contributed by atoms with Crippen LogP contribution in [-0.4, -0.2) is 25.2 Å². The number of aliphatic carboxylic acids is 2. The van der Waals surface area contributed by atoms with E-state index in [1.807, 2.05) is 0 Å². The topological polar surface area (TPSA) is 98.7 Å². The van der Waals surface area contributed by atoms with Gasteiger partial charge < -0.3 is 29.3 Å². The molecule has 2 rings (SSSR count). The summed E-state index contributed by atoms with van der Waals surface area (Å²) < 4.78 is 9.60. The summed E-state index contributed by atoms with van der Waals surface area (Å²) in [6.07, 6.45) is 0. The summed E-state index contributed by atoms with van der Waals surface area (Å²) in [5.74, 6) is -1.57. The minimum atomic E-state index is -1.25. The third kappa shape index (κ3) is 11.3. The maximum Gasteiger partial charge on any atom is 2.00 e. The van der Waals surface area contributed by atoms with E-state index in [9.17, 15) is 19.8 Å². The zero-order valence-corrected chi connectivity index (χ0v) is 15.0. The van der Waals surface area contributed by atoms with Gasteiger partial charge in [-0.15, -0.1) is 0 Å². The Labute approximate surface area is 164 Å². The Morgan fingerprint density at radius 3 is 1.24 bits per heavy atom. The van der Waals surface area contributed by atoms with Crippen LogP contribution < -0.4 is 19.7 Å². The first-order valence-corrected chi connectivity index (χ1v) is 7.29. The first-order valence-electron chi connectivity index (χ1n) is 6.53. The number of rotatable bonds is 6. The number of carbonyl (C=O) groups excluding carboxylic acids is 2. The van der Waals surface area contributed by atoms with E-state index >= 15 is 0 Å². The third-order valence-electron chi connectivity index (χ3n) is 2.34. The summed E-state index contributed by atoms with van der Waals surface area (Å²) in [6, 6.07) is 12.8. The molecule has 25 heavy (non-hydrogen) atoms. The monoisotopic (exact) mass is 433 g/mol. The van der Waals surface area contributed by atoms with Gasteiger partial charge in [-0.05, 0) is 48.5 Å². The van der Waals surface area contributed by atoms with Crippen LogP contribution in [0, 0.1) is 0 Å². The van der Waals surface area contributed by atoms with E-state index in [0.29, 0.717) is 21.5 Å². The molecule has 2 aromatic carbocycles. The van der Waals surface area contributed by atoms with Crippen molar-refractivity contribution in [3.8, 4) is 11.5 Å². The van der Waals surface area contributed by atoms with Crippen LogP contribution in [0.25, 0.3) is 0 Å². The molecule has 0 heterocycles. The fraction of sp³-hybridized carbons (Fsp3) is 0.125. The van der Waals surface area contributed by atoms with Crippen LogP contribution in [0.2, 0.25) is 10.0 Å². The smallest absolute Gasteiger partial charge is 0.546 e.